The summed E-state index contributed by atoms with van der Waals surface area (Å²) in [5, 5.41) is 12.4. The van der Waals surface area contributed by atoms with E-state index in [1.807, 2.05) is 12.1 Å². The molecule has 2 aliphatic heterocycles. The van der Waals surface area contributed by atoms with Gasteiger partial charge in [0.05, 0.1) is 0 Å². The Bertz CT molecular complexity index is 528. The summed E-state index contributed by atoms with van der Waals surface area (Å²) in [6, 6.07) is 7.65. The van der Waals surface area contributed by atoms with Gasteiger partial charge < -0.3 is 10.1 Å². The van der Waals surface area contributed by atoms with E-state index in [0.29, 0.717) is 5.69 Å². The van der Waals surface area contributed by atoms with Gasteiger partial charge in [-0.2, -0.15) is 5.26 Å². The molecule has 0 radical (unpaired) electrons. The number of rotatable bonds is 4. The lowest BCUT2D eigenvalue weighted by Crippen LogP contribution is -2.57. The molecule has 0 saturated carbocycles. The largest absolute Gasteiger partial charge is 0.381 e. The van der Waals surface area contributed by atoms with E-state index in [-0.39, 0.29) is 5.54 Å². The van der Waals surface area contributed by atoms with Crippen molar-refractivity contribution in [2.45, 2.75) is 37.6 Å². The minimum Gasteiger partial charge on any atom is -0.381 e. The lowest BCUT2D eigenvalue weighted by Gasteiger charge is -2.48. The van der Waals surface area contributed by atoms with Crippen molar-refractivity contribution in [3.8, 4) is 6.07 Å². The minimum absolute atomic E-state index is 0.170. The maximum atomic E-state index is 8.97. The van der Waals surface area contributed by atoms with Crippen molar-refractivity contribution in [1.82, 2.24) is 9.88 Å². The van der Waals surface area contributed by atoms with Crippen molar-refractivity contribution < 1.29 is 4.74 Å². The fourth-order valence-electron chi connectivity index (χ4n) is 3.57. The molecule has 1 aromatic rings. The molecule has 2 aliphatic rings. The third-order valence-corrected chi connectivity index (χ3v) is 4.91. The Morgan fingerprint density at radius 2 is 2.00 bits per heavy atom. The topological polar surface area (TPSA) is 61.2 Å². The molecule has 2 saturated heterocycles. The Kier molecular flexibility index (Phi) is 4.91. The number of nitrogens with zero attached hydrogens (tertiary/aromatic N) is 3. The zero-order valence-corrected chi connectivity index (χ0v) is 13.1. The molecule has 5 nitrogen and oxygen atoms in total. The highest BCUT2D eigenvalue weighted by Crippen LogP contribution is 2.31. The number of hydrogen-bond acceptors (Lipinski definition) is 5. The summed E-state index contributed by atoms with van der Waals surface area (Å²) in [4.78, 5) is 6.98. The molecular weight excluding hydrogens is 276 g/mol. The zero-order valence-electron chi connectivity index (χ0n) is 13.1. The summed E-state index contributed by atoms with van der Waals surface area (Å²) >= 11 is 0. The molecule has 118 valence electrons. The second kappa shape index (κ2) is 7.08. The Morgan fingerprint density at radius 3 is 2.73 bits per heavy atom. The maximum Gasteiger partial charge on any atom is 0.142 e. The van der Waals surface area contributed by atoms with Crippen molar-refractivity contribution >= 4 is 5.82 Å². The third-order valence-electron chi connectivity index (χ3n) is 4.91. The summed E-state index contributed by atoms with van der Waals surface area (Å²) in [7, 11) is 0. The number of likely N-dealkylation sites (tertiary alicyclic amines) is 1. The van der Waals surface area contributed by atoms with Crippen LogP contribution in [0.25, 0.3) is 0 Å². The van der Waals surface area contributed by atoms with Crippen molar-refractivity contribution in [3.05, 3.63) is 23.9 Å². The van der Waals surface area contributed by atoms with Crippen molar-refractivity contribution in [2.24, 2.45) is 0 Å². The van der Waals surface area contributed by atoms with E-state index in [1.165, 1.54) is 32.4 Å². The first-order valence-corrected chi connectivity index (χ1v) is 8.26. The first kappa shape index (κ1) is 15.3. The van der Waals surface area contributed by atoms with Crippen LogP contribution in [-0.4, -0.2) is 48.3 Å². The van der Waals surface area contributed by atoms with Crippen LogP contribution in [0.2, 0.25) is 0 Å². The van der Waals surface area contributed by atoms with Crippen molar-refractivity contribution in [3.63, 3.8) is 0 Å². The number of pyridine rings is 1. The quantitative estimate of drug-likeness (QED) is 0.925. The molecule has 0 spiro atoms. The Labute approximate surface area is 132 Å². The average Bonchev–Trinajstić information content (AvgIpc) is 2.62. The summed E-state index contributed by atoms with van der Waals surface area (Å²) in [6.45, 7) is 4.92. The van der Waals surface area contributed by atoms with Crippen molar-refractivity contribution in [2.75, 3.05) is 38.2 Å². The van der Waals surface area contributed by atoms with Crippen LogP contribution in [0.15, 0.2) is 18.2 Å². The normalized spacial score (nSPS) is 22.0. The van der Waals surface area contributed by atoms with Crippen LogP contribution in [0, 0.1) is 11.3 Å². The van der Waals surface area contributed by atoms with E-state index in [9.17, 15) is 0 Å². The lowest BCUT2D eigenvalue weighted by molar-refractivity contribution is -0.0293. The molecular formula is C17H24N4O. The van der Waals surface area contributed by atoms with Crippen LogP contribution in [0.5, 0.6) is 0 Å². The van der Waals surface area contributed by atoms with Gasteiger partial charge in [0.1, 0.15) is 17.6 Å². The SMILES string of the molecule is N#Cc1cccc(NCC2(N3CCCCC3)CCOCC2)n1. The molecule has 2 fully saturated rings. The molecule has 3 heterocycles. The van der Waals surface area contributed by atoms with Crippen LogP contribution in [0.1, 0.15) is 37.8 Å². The van der Waals surface area contributed by atoms with Gasteiger partial charge in [-0.1, -0.05) is 12.5 Å². The van der Waals surface area contributed by atoms with Crippen LogP contribution in [0.4, 0.5) is 5.82 Å². The first-order valence-electron chi connectivity index (χ1n) is 8.26. The molecule has 3 rings (SSSR count). The number of nitrogens with one attached hydrogen (secondary N) is 1. The Morgan fingerprint density at radius 1 is 1.23 bits per heavy atom. The van der Waals surface area contributed by atoms with Gasteiger partial charge in [-0.25, -0.2) is 4.98 Å². The zero-order chi connectivity index (χ0) is 15.3. The smallest absolute Gasteiger partial charge is 0.142 e. The van der Waals surface area contributed by atoms with Gasteiger partial charge in [-0.15, -0.1) is 0 Å². The highest BCUT2D eigenvalue weighted by Gasteiger charge is 2.38. The van der Waals surface area contributed by atoms with Gasteiger partial charge in [0.2, 0.25) is 0 Å². The molecule has 1 aromatic heterocycles. The lowest BCUT2D eigenvalue weighted by atomic mass is 9.86. The van der Waals surface area contributed by atoms with Gasteiger partial charge in [-0.05, 0) is 50.9 Å². The molecule has 0 unspecified atom stereocenters. The van der Waals surface area contributed by atoms with E-state index < -0.39 is 0 Å². The van der Waals surface area contributed by atoms with Gasteiger partial charge in [0.25, 0.3) is 0 Å². The van der Waals surface area contributed by atoms with E-state index >= 15 is 0 Å². The minimum atomic E-state index is 0.170. The van der Waals surface area contributed by atoms with Crippen LogP contribution < -0.4 is 5.32 Å². The predicted octanol–water partition coefficient (Wildman–Crippen LogP) is 2.40. The summed E-state index contributed by atoms with van der Waals surface area (Å²) in [5.41, 5.74) is 0.632. The molecule has 0 bridgehead atoms. The summed E-state index contributed by atoms with van der Waals surface area (Å²) in [5.74, 6) is 0.793. The number of hydrogen-bond donors (Lipinski definition) is 1. The Hall–Kier alpha value is -1.64. The van der Waals surface area contributed by atoms with E-state index in [0.717, 1.165) is 38.4 Å². The first-order chi connectivity index (χ1) is 10.8. The predicted molar refractivity (Wildman–Crippen MR) is 85.6 cm³/mol. The van der Waals surface area contributed by atoms with Gasteiger partial charge in [0.15, 0.2) is 0 Å². The van der Waals surface area contributed by atoms with Crippen molar-refractivity contribution in [1.29, 1.82) is 5.26 Å². The summed E-state index contributed by atoms with van der Waals surface area (Å²) in [6.07, 6.45) is 6.08. The molecule has 1 N–H and O–H groups in total. The molecule has 5 heteroatoms. The van der Waals surface area contributed by atoms with Crippen LogP contribution in [-0.2, 0) is 4.74 Å². The number of piperidine rings is 1. The second-order valence-electron chi connectivity index (χ2n) is 6.26. The van der Waals surface area contributed by atoms with Gasteiger partial charge in [-0.3, -0.25) is 4.90 Å². The highest BCUT2D eigenvalue weighted by atomic mass is 16.5. The number of nitriles is 1. The monoisotopic (exact) mass is 300 g/mol. The fourth-order valence-corrected chi connectivity index (χ4v) is 3.57. The van der Waals surface area contributed by atoms with Gasteiger partial charge in [0, 0.05) is 25.3 Å². The van der Waals surface area contributed by atoms with Crippen LogP contribution >= 0.6 is 0 Å². The number of anilines is 1. The standard InChI is InChI=1S/C17H24N4O/c18-13-15-5-4-6-16(20-15)19-14-17(7-11-22-12-8-17)21-9-2-1-3-10-21/h4-6H,1-3,7-12,14H2,(H,19,20). The Balaban J connectivity index is 1.71. The molecule has 0 aromatic carbocycles. The number of aromatic nitrogens is 1. The molecule has 0 aliphatic carbocycles. The summed E-state index contributed by atoms with van der Waals surface area (Å²) < 4.78 is 5.59. The van der Waals surface area contributed by atoms with E-state index in [1.54, 1.807) is 6.07 Å². The third kappa shape index (κ3) is 3.40. The maximum absolute atomic E-state index is 8.97. The second-order valence-corrected chi connectivity index (χ2v) is 6.26. The fraction of sp³-hybridized carbons (Fsp3) is 0.647. The van der Waals surface area contributed by atoms with Gasteiger partial charge >= 0.3 is 0 Å². The molecule has 0 atom stereocenters. The molecule has 0 amide bonds. The van der Waals surface area contributed by atoms with Crippen LogP contribution in [0.3, 0.4) is 0 Å². The average molecular weight is 300 g/mol. The van der Waals surface area contributed by atoms with E-state index in [4.69, 9.17) is 10.00 Å². The molecule has 22 heavy (non-hydrogen) atoms. The van der Waals surface area contributed by atoms with E-state index in [2.05, 4.69) is 21.3 Å². The number of ether oxygens (including phenoxy) is 1. The highest BCUT2D eigenvalue weighted by molar-refractivity contribution is 5.39.